The van der Waals surface area contributed by atoms with Crippen LogP contribution in [0.15, 0.2) is 12.1 Å². The first kappa shape index (κ1) is 14.6. The van der Waals surface area contributed by atoms with Crippen LogP contribution in [0, 0.1) is 0 Å². The van der Waals surface area contributed by atoms with Gasteiger partial charge in [0.2, 0.25) is 0 Å². The number of likely N-dealkylation sites (N-methyl/N-ethyl adjacent to an activating group) is 1. The number of nitrogens with one attached hydrogen (secondary N) is 1. The van der Waals surface area contributed by atoms with Gasteiger partial charge >= 0.3 is 0 Å². The van der Waals surface area contributed by atoms with E-state index in [-0.39, 0.29) is 11.8 Å². The number of carbonyl (C=O) groups is 1. The number of rotatable bonds is 5. The molecule has 0 spiro atoms. The molecule has 1 atom stereocenters. The number of aromatic amines is 1. The second kappa shape index (κ2) is 6.13. The molecule has 0 aromatic carbocycles. The Morgan fingerprint density at radius 2 is 2.15 bits per heavy atom. The van der Waals surface area contributed by atoms with Crippen LogP contribution in [0.2, 0.25) is 0 Å². The van der Waals surface area contributed by atoms with Crippen molar-refractivity contribution in [2.24, 2.45) is 0 Å². The maximum Gasteiger partial charge on any atom is 0.263 e. The van der Waals surface area contributed by atoms with E-state index in [1.54, 1.807) is 23.3 Å². The molecule has 108 valence electrons. The van der Waals surface area contributed by atoms with Crippen LogP contribution in [-0.2, 0) is 0 Å². The second-order valence-electron chi connectivity index (χ2n) is 5.21. The molecule has 0 saturated carbocycles. The van der Waals surface area contributed by atoms with Gasteiger partial charge in [0.15, 0.2) is 5.82 Å². The third-order valence-corrected chi connectivity index (χ3v) is 4.48. The van der Waals surface area contributed by atoms with Crippen molar-refractivity contribution in [3.05, 3.63) is 27.7 Å². The quantitative estimate of drug-likeness (QED) is 0.917. The van der Waals surface area contributed by atoms with Crippen LogP contribution in [0.3, 0.4) is 0 Å². The zero-order valence-corrected chi connectivity index (χ0v) is 12.9. The molecule has 2 heterocycles. The highest BCUT2D eigenvalue weighted by Gasteiger charge is 2.19. The summed E-state index contributed by atoms with van der Waals surface area (Å²) in [6, 6.07) is 3.93. The minimum atomic E-state index is 0.0391. The number of carbonyl (C=O) groups excluding carboxylic acids is 1. The molecule has 0 aliphatic carbocycles. The van der Waals surface area contributed by atoms with Gasteiger partial charge in [-0.2, -0.15) is 5.21 Å². The summed E-state index contributed by atoms with van der Waals surface area (Å²) in [5.74, 6) is 1.16. The smallest absolute Gasteiger partial charge is 0.263 e. The van der Waals surface area contributed by atoms with Crippen LogP contribution in [-0.4, -0.2) is 45.0 Å². The number of hydrogen-bond donors (Lipinski definition) is 1. The molecule has 0 unspecified atom stereocenters. The first-order chi connectivity index (χ1) is 9.49. The molecule has 2 aromatic rings. The lowest BCUT2D eigenvalue weighted by molar-refractivity contribution is 0.0792. The zero-order valence-electron chi connectivity index (χ0n) is 12.1. The molecule has 7 heteroatoms. The molecule has 0 fully saturated rings. The number of amides is 1. The molecule has 1 amide bonds. The van der Waals surface area contributed by atoms with Crippen molar-refractivity contribution in [2.75, 3.05) is 13.6 Å². The Labute approximate surface area is 122 Å². The van der Waals surface area contributed by atoms with Crippen LogP contribution < -0.4 is 0 Å². The standard InChI is InChI=1S/C13H19N5OS/c1-8(2)10-5-6-11(20-10)13(19)18(4)7-9(3)12-14-16-17-15-12/h5-6,8-9H,7H2,1-4H3,(H,14,15,16,17)/t9-/m1/s1. The van der Waals surface area contributed by atoms with Gasteiger partial charge in [0.1, 0.15) is 0 Å². The van der Waals surface area contributed by atoms with Gasteiger partial charge in [-0.05, 0) is 18.1 Å². The van der Waals surface area contributed by atoms with Crippen molar-refractivity contribution in [3.8, 4) is 0 Å². The Kier molecular flexibility index (Phi) is 4.49. The Hall–Kier alpha value is -1.76. The van der Waals surface area contributed by atoms with Crippen molar-refractivity contribution in [2.45, 2.75) is 32.6 Å². The van der Waals surface area contributed by atoms with Crippen molar-refractivity contribution in [1.29, 1.82) is 0 Å². The van der Waals surface area contributed by atoms with E-state index in [2.05, 4.69) is 34.5 Å². The summed E-state index contributed by atoms with van der Waals surface area (Å²) in [5, 5.41) is 13.9. The van der Waals surface area contributed by atoms with Gasteiger partial charge in [0.05, 0.1) is 4.88 Å². The van der Waals surface area contributed by atoms with Crippen LogP contribution in [0.5, 0.6) is 0 Å². The lowest BCUT2D eigenvalue weighted by atomic mass is 10.1. The monoisotopic (exact) mass is 293 g/mol. The Morgan fingerprint density at radius 1 is 1.40 bits per heavy atom. The van der Waals surface area contributed by atoms with E-state index in [1.165, 1.54) is 4.88 Å². The maximum absolute atomic E-state index is 12.4. The van der Waals surface area contributed by atoms with Gasteiger partial charge in [-0.15, -0.1) is 21.5 Å². The topological polar surface area (TPSA) is 74.8 Å². The van der Waals surface area contributed by atoms with Crippen LogP contribution in [0.1, 0.15) is 53.0 Å². The summed E-state index contributed by atoms with van der Waals surface area (Å²) >= 11 is 1.56. The number of hydrogen-bond acceptors (Lipinski definition) is 5. The second-order valence-corrected chi connectivity index (χ2v) is 6.33. The predicted octanol–water partition coefficient (Wildman–Crippen LogP) is 2.26. The van der Waals surface area contributed by atoms with Crippen molar-refractivity contribution in [3.63, 3.8) is 0 Å². The first-order valence-corrected chi connectivity index (χ1v) is 7.39. The third-order valence-electron chi connectivity index (χ3n) is 3.10. The largest absolute Gasteiger partial charge is 0.340 e. The Bertz CT molecular complexity index is 563. The lowest BCUT2D eigenvalue weighted by Gasteiger charge is -2.19. The van der Waals surface area contributed by atoms with E-state index >= 15 is 0 Å². The molecule has 2 rings (SSSR count). The average molecular weight is 293 g/mol. The predicted molar refractivity (Wildman–Crippen MR) is 78.0 cm³/mol. The van der Waals surface area contributed by atoms with E-state index in [4.69, 9.17) is 0 Å². The van der Waals surface area contributed by atoms with Gasteiger partial charge in [-0.25, -0.2) is 0 Å². The number of tetrazole rings is 1. The molecule has 20 heavy (non-hydrogen) atoms. The zero-order chi connectivity index (χ0) is 14.7. The van der Waals surface area contributed by atoms with E-state index in [1.807, 2.05) is 19.1 Å². The van der Waals surface area contributed by atoms with Gasteiger partial charge in [0.25, 0.3) is 5.91 Å². The summed E-state index contributed by atoms with van der Waals surface area (Å²) in [5.41, 5.74) is 0. The third kappa shape index (κ3) is 3.22. The first-order valence-electron chi connectivity index (χ1n) is 6.57. The molecular weight excluding hydrogens is 274 g/mol. The van der Waals surface area contributed by atoms with Crippen LogP contribution in [0.4, 0.5) is 0 Å². The van der Waals surface area contributed by atoms with Crippen molar-refractivity contribution >= 4 is 17.2 Å². The van der Waals surface area contributed by atoms with E-state index in [9.17, 15) is 4.79 Å². The number of nitrogens with zero attached hydrogens (tertiary/aromatic N) is 4. The molecule has 0 radical (unpaired) electrons. The highest BCUT2D eigenvalue weighted by Crippen LogP contribution is 2.25. The molecule has 0 saturated heterocycles. The maximum atomic E-state index is 12.4. The summed E-state index contributed by atoms with van der Waals surface area (Å²) < 4.78 is 0. The lowest BCUT2D eigenvalue weighted by Crippen LogP contribution is -2.30. The van der Waals surface area contributed by atoms with Gasteiger partial charge in [-0.3, -0.25) is 4.79 Å². The fourth-order valence-electron chi connectivity index (χ4n) is 1.92. The normalized spacial score (nSPS) is 12.7. The average Bonchev–Trinajstić information content (AvgIpc) is 3.08. The minimum Gasteiger partial charge on any atom is -0.340 e. The van der Waals surface area contributed by atoms with Crippen LogP contribution >= 0.6 is 11.3 Å². The van der Waals surface area contributed by atoms with Gasteiger partial charge in [0, 0.05) is 24.4 Å². The fourth-order valence-corrected chi connectivity index (χ4v) is 2.92. The van der Waals surface area contributed by atoms with Crippen LogP contribution in [0.25, 0.3) is 0 Å². The van der Waals surface area contributed by atoms with E-state index in [0.717, 1.165) is 4.88 Å². The van der Waals surface area contributed by atoms with Gasteiger partial charge in [-0.1, -0.05) is 26.0 Å². The summed E-state index contributed by atoms with van der Waals surface area (Å²) in [7, 11) is 1.80. The fraction of sp³-hybridized carbons (Fsp3) is 0.538. The summed E-state index contributed by atoms with van der Waals surface area (Å²) in [4.78, 5) is 16.1. The molecule has 0 aliphatic rings. The van der Waals surface area contributed by atoms with E-state index in [0.29, 0.717) is 18.3 Å². The Morgan fingerprint density at radius 3 is 2.70 bits per heavy atom. The van der Waals surface area contributed by atoms with Crippen molar-refractivity contribution < 1.29 is 4.79 Å². The molecule has 2 aromatic heterocycles. The number of aromatic nitrogens is 4. The molecule has 1 N–H and O–H groups in total. The van der Waals surface area contributed by atoms with Gasteiger partial charge < -0.3 is 4.90 Å². The molecule has 6 nitrogen and oxygen atoms in total. The summed E-state index contributed by atoms with van der Waals surface area (Å²) in [6.07, 6.45) is 0. The minimum absolute atomic E-state index is 0.0391. The Balaban J connectivity index is 2.01. The number of H-pyrrole nitrogens is 1. The molecule has 0 aliphatic heterocycles. The van der Waals surface area contributed by atoms with Crippen molar-refractivity contribution in [1.82, 2.24) is 25.5 Å². The highest BCUT2D eigenvalue weighted by atomic mass is 32.1. The summed E-state index contributed by atoms with van der Waals surface area (Å²) in [6.45, 7) is 6.79. The highest BCUT2D eigenvalue weighted by molar-refractivity contribution is 7.14. The number of thiophene rings is 1. The SMILES string of the molecule is CC(C)c1ccc(C(=O)N(C)C[C@@H](C)c2nn[nH]n2)s1. The molecular formula is C13H19N5OS. The molecule has 0 bridgehead atoms. The van der Waals surface area contributed by atoms with E-state index < -0.39 is 0 Å².